The number of halogens is 1. The van der Waals surface area contributed by atoms with Crippen molar-refractivity contribution < 1.29 is 17.9 Å². The van der Waals surface area contributed by atoms with Gasteiger partial charge in [0.1, 0.15) is 10.8 Å². The zero-order valence-electron chi connectivity index (χ0n) is 16.7. The van der Waals surface area contributed by atoms with Gasteiger partial charge in [-0.25, -0.2) is 8.42 Å². The molecule has 2 heterocycles. The Bertz CT molecular complexity index is 1270. The number of esters is 1. The molecule has 3 aromatic rings. The Morgan fingerprint density at radius 3 is 2.87 bits per heavy atom. The molecule has 1 atom stereocenters. The first-order chi connectivity index (χ1) is 14.8. The summed E-state index contributed by atoms with van der Waals surface area (Å²) in [6.07, 6.45) is 9.30. The van der Waals surface area contributed by atoms with Gasteiger partial charge in [-0.2, -0.15) is 0 Å². The third-order valence-corrected chi connectivity index (χ3v) is 8.49. The minimum absolute atomic E-state index is 0.232. The molecule has 4 rings (SSSR count). The van der Waals surface area contributed by atoms with Crippen LogP contribution in [-0.4, -0.2) is 25.6 Å². The summed E-state index contributed by atoms with van der Waals surface area (Å²) in [5.41, 5.74) is 1.00. The number of aromatic nitrogens is 1. The maximum Gasteiger partial charge on any atom is 0.313 e. The molecule has 1 unspecified atom stereocenters. The molecule has 0 saturated heterocycles. The lowest BCUT2D eigenvalue weighted by molar-refractivity contribution is -0.147. The fourth-order valence-corrected chi connectivity index (χ4v) is 6.40. The van der Waals surface area contributed by atoms with Crippen LogP contribution in [0.5, 0.6) is 0 Å². The van der Waals surface area contributed by atoms with Crippen LogP contribution >= 0.6 is 22.9 Å². The largest absolute Gasteiger partial charge is 0.463 e. The molecule has 162 valence electrons. The Kier molecular flexibility index (Phi) is 6.22. The zero-order chi connectivity index (χ0) is 22.0. The van der Waals surface area contributed by atoms with Gasteiger partial charge < -0.3 is 9.30 Å². The second kappa shape index (κ2) is 8.90. The number of allylic oxidation sites excluding steroid dienone is 2. The maximum atomic E-state index is 13.0. The summed E-state index contributed by atoms with van der Waals surface area (Å²) in [6, 6.07) is 9.13. The first-order valence-electron chi connectivity index (χ1n) is 9.71. The molecule has 31 heavy (non-hydrogen) atoms. The van der Waals surface area contributed by atoms with Crippen molar-refractivity contribution in [3.05, 3.63) is 77.2 Å². The lowest BCUT2D eigenvalue weighted by Crippen LogP contribution is -2.26. The number of nitrogens with one attached hydrogen (secondary N) is 1. The van der Waals surface area contributed by atoms with Crippen molar-refractivity contribution in [1.29, 1.82) is 0 Å². The van der Waals surface area contributed by atoms with Crippen LogP contribution in [0.1, 0.15) is 12.0 Å². The number of hydrogen-bond acceptors (Lipinski definition) is 5. The summed E-state index contributed by atoms with van der Waals surface area (Å²) in [7, 11) is -3.81. The van der Waals surface area contributed by atoms with Crippen molar-refractivity contribution in [2.24, 2.45) is 5.92 Å². The standard InChI is InChI=1S/C22H21ClN2O4S2/c1-15-19-14-17(23)7-8-20(19)30-22(15)31(27,28)24-18-6-4-5-16(13-18)21(26)29-12-11-25-9-2-3-10-25/h2-4,6-10,13-14,16,24H,5,11-12H2,1H3. The minimum atomic E-state index is -3.81. The van der Waals surface area contributed by atoms with E-state index in [0.717, 1.165) is 10.1 Å². The number of carbonyl (C=O) groups excluding carboxylic acids is 1. The van der Waals surface area contributed by atoms with Crippen molar-refractivity contribution in [2.75, 3.05) is 6.61 Å². The van der Waals surface area contributed by atoms with Crippen molar-refractivity contribution in [2.45, 2.75) is 24.1 Å². The first-order valence-corrected chi connectivity index (χ1v) is 12.4. The van der Waals surface area contributed by atoms with Gasteiger partial charge in [-0.3, -0.25) is 9.52 Å². The molecule has 0 spiro atoms. The van der Waals surface area contributed by atoms with Gasteiger partial charge in [0.2, 0.25) is 0 Å². The van der Waals surface area contributed by atoms with Crippen LogP contribution in [0.15, 0.2) is 70.9 Å². The zero-order valence-corrected chi connectivity index (χ0v) is 19.1. The summed E-state index contributed by atoms with van der Waals surface area (Å²) >= 11 is 7.25. The van der Waals surface area contributed by atoms with E-state index < -0.39 is 15.9 Å². The van der Waals surface area contributed by atoms with E-state index in [4.69, 9.17) is 16.3 Å². The van der Waals surface area contributed by atoms with Gasteiger partial charge in [0.15, 0.2) is 0 Å². The average Bonchev–Trinajstić information content (AvgIpc) is 3.36. The van der Waals surface area contributed by atoms with Gasteiger partial charge in [-0.15, -0.1) is 11.3 Å². The summed E-state index contributed by atoms with van der Waals surface area (Å²) in [5, 5.41) is 1.37. The number of ether oxygens (including phenoxy) is 1. The minimum Gasteiger partial charge on any atom is -0.463 e. The predicted molar refractivity (Wildman–Crippen MR) is 123 cm³/mol. The van der Waals surface area contributed by atoms with Crippen LogP contribution in [0.2, 0.25) is 5.02 Å². The summed E-state index contributed by atoms with van der Waals surface area (Å²) in [5.74, 6) is -0.907. The van der Waals surface area contributed by atoms with Gasteiger partial charge in [0.05, 0.1) is 12.5 Å². The Labute approximate surface area is 189 Å². The number of aryl methyl sites for hydroxylation is 1. The highest BCUT2D eigenvalue weighted by Crippen LogP contribution is 2.35. The van der Waals surface area contributed by atoms with Crippen molar-refractivity contribution in [3.63, 3.8) is 0 Å². The van der Waals surface area contributed by atoms with E-state index >= 15 is 0 Å². The van der Waals surface area contributed by atoms with Crippen LogP contribution in [0.3, 0.4) is 0 Å². The molecule has 1 N–H and O–H groups in total. The second-order valence-corrected chi connectivity index (χ2v) is 10.6. The number of sulfonamides is 1. The second-order valence-electron chi connectivity index (χ2n) is 7.22. The molecule has 9 heteroatoms. The fourth-order valence-electron chi connectivity index (χ4n) is 3.42. The van der Waals surface area contributed by atoms with Crippen LogP contribution in [0, 0.1) is 12.8 Å². The molecule has 6 nitrogen and oxygen atoms in total. The number of fused-ring (bicyclic) bond motifs is 1. The Morgan fingerprint density at radius 1 is 1.32 bits per heavy atom. The Balaban J connectivity index is 1.46. The molecule has 0 saturated carbocycles. The van der Waals surface area contributed by atoms with E-state index in [-0.39, 0.29) is 16.8 Å². The third kappa shape index (κ3) is 4.87. The predicted octanol–water partition coefficient (Wildman–Crippen LogP) is 4.65. The van der Waals surface area contributed by atoms with Gasteiger partial charge in [-0.05, 0) is 66.8 Å². The van der Waals surface area contributed by atoms with E-state index in [2.05, 4.69) is 4.72 Å². The van der Waals surface area contributed by atoms with Crippen molar-refractivity contribution in [1.82, 2.24) is 9.29 Å². The molecular formula is C22H21ClN2O4S2. The highest BCUT2D eigenvalue weighted by Gasteiger charge is 2.25. The van der Waals surface area contributed by atoms with Crippen LogP contribution in [0.25, 0.3) is 10.1 Å². The van der Waals surface area contributed by atoms with Gasteiger partial charge in [0.25, 0.3) is 10.0 Å². The van der Waals surface area contributed by atoms with Crippen molar-refractivity contribution in [3.8, 4) is 0 Å². The van der Waals surface area contributed by atoms with Crippen LogP contribution in [0.4, 0.5) is 0 Å². The van der Waals surface area contributed by atoms with Crippen molar-refractivity contribution >= 4 is 49.0 Å². The quantitative estimate of drug-likeness (QED) is 0.503. The molecule has 1 aliphatic rings. The number of benzene rings is 1. The highest BCUT2D eigenvalue weighted by molar-refractivity contribution is 7.92. The normalized spacial score (nSPS) is 16.3. The fraction of sp³-hybridized carbons (Fsp3) is 0.227. The molecule has 2 aromatic heterocycles. The smallest absolute Gasteiger partial charge is 0.313 e. The Hall–Kier alpha value is -2.55. The lowest BCUT2D eigenvalue weighted by Gasteiger charge is -2.17. The monoisotopic (exact) mass is 476 g/mol. The van der Waals surface area contributed by atoms with Gasteiger partial charge >= 0.3 is 5.97 Å². The molecule has 0 aliphatic heterocycles. The maximum absolute atomic E-state index is 13.0. The van der Waals surface area contributed by atoms with E-state index in [1.54, 1.807) is 37.3 Å². The van der Waals surface area contributed by atoms with Crippen LogP contribution < -0.4 is 4.72 Å². The molecule has 1 aliphatic carbocycles. The summed E-state index contributed by atoms with van der Waals surface area (Å²) < 4.78 is 37.0. The molecule has 0 bridgehead atoms. The molecule has 0 radical (unpaired) electrons. The number of thiophene rings is 1. The molecule has 0 amide bonds. The third-order valence-electron chi connectivity index (χ3n) is 4.98. The van der Waals surface area contributed by atoms with Gasteiger partial charge in [-0.1, -0.05) is 17.7 Å². The van der Waals surface area contributed by atoms with E-state index in [0.29, 0.717) is 29.2 Å². The van der Waals surface area contributed by atoms with E-state index in [9.17, 15) is 13.2 Å². The first kappa shape index (κ1) is 21.7. The Morgan fingerprint density at radius 2 is 2.10 bits per heavy atom. The number of rotatable bonds is 7. The highest BCUT2D eigenvalue weighted by atomic mass is 35.5. The molecule has 0 fully saturated rings. The van der Waals surface area contributed by atoms with Crippen LogP contribution in [-0.2, 0) is 26.1 Å². The number of hydrogen-bond donors (Lipinski definition) is 1. The number of carbonyl (C=O) groups is 1. The average molecular weight is 477 g/mol. The SMILES string of the molecule is Cc1c(S(=O)(=O)NC2=CC(C(=O)OCCn3cccc3)CC=C2)sc2ccc(Cl)cc12. The molecule has 1 aromatic carbocycles. The lowest BCUT2D eigenvalue weighted by atomic mass is 10.00. The number of nitrogens with zero attached hydrogens (tertiary/aromatic N) is 1. The molecular weight excluding hydrogens is 456 g/mol. The summed E-state index contributed by atoms with van der Waals surface area (Å²) in [6.45, 7) is 2.59. The van der Waals surface area contributed by atoms with E-state index in [1.807, 2.05) is 35.2 Å². The van der Waals surface area contributed by atoms with Gasteiger partial charge in [0, 0.05) is 27.8 Å². The van der Waals surface area contributed by atoms with E-state index in [1.165, 1.54) is 11.3 Å². The topological polar surface area (TPSA) is 77.4 Å². The summed E-state index contributed by atoms with van der Waals surface area (Å²) in [4.78, 5) is 12.4.